The number of anilines is 1. The molecule has 1 atom stereocenters. The maximum absolute atomic E-state index is 13.1. The highest BCUT2D eigenvalue weighted by molar-refractivity contribution is 6.10. The average Bonchev–Trinajstić information content (AvgIpc) is 2.77. The Bertz CT molecular complexity index is 787. The number of benzene rings is 2. The van der Waals surface area contributed by atoms with Gasteiger partial charge in [0.15, 0.2) is 0 Å². The fourth-order valence-electron chi connectivity index (χ4n) is 3.37. The predicted octanol–water partition coefficient (Wildman–Crippen LogP) is 2.97. The van der Waals surface area contributed by atoms with Gasteiger partial charge >= 0.3 is 5.97 Å². The number of nitrogens with zero attached hydrogens (tertiary/aromatic N) is 1. The molecule has 0 aromatic heterocycles. The average molecular weight is 325 g/mol. The molecular formula is C19H19NO4. The molecule has 0 radical (unpaired) electrons. The second kappa shape index (κ2) is 6.00. The highest BCUT2D eigenvalue weighted by Crippen LogP contribution is 2.49. The van der Waals surface area contributed by atoms with Crippen LogP contribution in [0.3, 0.4) is 0 Å². The van der Waals surface area contributed by atoms with Gasteiger partial charge in [-0.05, 0) is 24.6 Å². The summed E-state index contributed by atoms with van der Waals surface area (Å²) in [4.78, 5) is 26.1. The molecular weight excluding hydrogens is 306 g/mol. The second-order valence-electron chi connectivity index (χ2n) is 6.13. The number of aliphatic carboxylic acids is 1. The second-order valence-corrected chi connectivity index (χ2v) is 6.13. The molecule has 0 saturated carbocycles. The van der Waals surface area contributed by atoms with Crippen molar-refractivity contribution in [2.75, 3.05) is 12.0 Å². The van der Waals surface area contributed by atoms with Crippen LogP contribution in [0.5, 0.6) is 5.75 Å². The van der Waals surface area contributed by atoms with Gasteiger partial charge in [0.05, 0.1) is 31.2 Å². The number of amides is 1. The molecule has 0 aliphatic carbocycles. The highest BCUT2D eigenvalue weighted by Gasteiger charge is 2.50. The lowest BCUT2D eigenvalue weighted by Crippen LogP contribution is -2.39. The third kappa shape index (κ3) is 2.52. The quantitative estimate of drug-likeness (QED) is 0.918. The Labute approximate surface area is 140 Å². The largest absolute Gasteiger partial charge is 0.496 e. The summed E-state index contributed by atoms with van der Waals surface area (Å²) < 4.78 is 5.41. The molecule has 0 bridgehead atoms. The Morgan fingerprint density at radius 2 is 1.88 bits per heavy atom. The molecule has 1 aliphatic rings. The van der Waals surface area contributed by atoms with Gasteiger partial charge in [-0.2, -0.15) is 0 Å². The number of methoxy groups -OCH3 is 1. The Hall–Kier alpha value is -2.82. The predicted molar refractivity (Wildman–Crippen MR) is 90.2 cm³/mol. The summed E-state index contributed by atoms with van der Waals surface area (Å²) in [5, 5.41) is 9.31. The van der Waals surface area contributed by atoms with Gasteiger partial charge in [0, 0.05) is 5.56 Å². The van der Waals surface area contributed by atoms with Crippen LogP contribution in [-0.4, -0.2) is 24.1 Å². The zero-order chi connectivity index (χ0) is 17.3. The van der Waals surface area contributed by atoms with Gasteiger partial charge in [0.2, 0.25) is 5.91 Å². The molecule has 24 heavy (non-hydrogen) atoms. The number of carbonyl (C=O) groups excluding carboxylic acids is 1. The first kappa shape index (κ1) is 16.1. The lowest BCUT2D eigenvalue weighted by atomic mass is 9.80. The van der Waals surface area contributed by atoms with E-state index in [2.05, 4.69) is 0 Å². The fourth-order valence-corrected chi connectivity index (χ4v) is 3.37. The van der Waals surface area contributed by atoms with Crippen LogP contribution in [0.25, 0.3) is 0 Å². The summed E-state index contributed by atoms with van der Waals surface area (Å²) in [6.07, 6.45) is -0.273. The van der Waals surface area contributed by atoms with E-state index in [1.807, 2.05) is 42.5 Å². The van der Waals surface area contributed by atoms with Crippen molar-refractivity contribution < 1.29 is 19.4 Å². The Morgan fingerprint density at radius 3 is 2.50 bits per heavy atom. The summed E-state index contributed by atoms with van der Waals surface area (Å²) in [5.74, 6) is -0.683. The van der Waals surface area contributed by atoms with Crippen molar-refractivity contribution in [1.82, 2.24) is 0 Å². The molecule has 1 amide bonds. The molecule has 3 rings (SSSR count). The van der Waals surface area contributed by atoms with E-state index < -0.39 is 11.4 Å². The van der Waals surface area contributed by atoms with Crippen LogP contribution in [0.2, 0.25) is 0 Å². The number of rotatable bonds is 5. The first-order valence-corrected chi connectivity index (χ1v) is 7.72. The van der Waals surface area contributed by atoms with Gasteiger partial charge in [-0.15, -0.1) is 0 Å². The van der Waals surface area contributed by atoms with Crippen molar-refractivity contribution >= 4 is 17.6 Å². The topological polar surface area (TPSA) is 66.8 Å². The van der Waals surface area contributed by atoms with E-state index in [1.165, 1.54) is 7.11 Å². The summed E-state index contributed by atoms with van der Waals surface area (Å²) in [6, 6.07) is 15.1. The lowest BCUT2D eigenvalue weighted by Gasteiger charge is -2.23. The Balaban J connectivity index is 2.11. The zero-order valence-corrected chi connectivity index (χ0v) is 13.7. The van der Waals surface area contributed by atoms with Crippen LogP contribution >= 0.6 is 0 Å². The SMILES string of the molecule is COc1cccc2c1C(C)(CC(=O)O)C(=O)N2Cc1ccccc1. The molecule has 0 spiro atoms. The van der Waals surface area contributed by atoms with E-state index in [0.717, 1.165) is 5.56 Å². The van der Waals surface area contributed by atoms with Crippen molar-refractivity contribution in [2.45, 2.75) is 25.3 Å². The van der Waals surface area contributed by atoms with E-state index in [4.69, 9.17) is 4.74 Å². The molecule has 1 unspecified atom stereocenters. The van der Waals surface area contributed by atoms with Crippen molar-refractivity contribution in [1.29, 1.82) is 0 Å². The summed E-state index contributed by atoms with van der Waals surface area (Å²) in [6.45, 7) is 2.07. The Kier molecular flexibility index (Phi) is 4.01. The molecule has 0 fully saturated rings. The van der Waals surface area contributed by atoms with Gasteiger partial charge in [-0.3, -0.25) is 9.59 Å². The first-order valence-electron chi connectivity index (χ1n) is 7.72. The normalized spacial score (nSPS) is 19.2. The van der Waals surface area contributed by atoms with Gasteiger partial charge in [0.25, 0.3) is 0 Å². The van der Waals surface area contributed by atoms with Crippen LogP contribution in [0, 0.1) is 0 Å². The number of fused-ring (bicyclic) bond motifs is 1. The number of hydrogen-bond acceptors (Lipinski definition) is 3. The Morgan fingerprint density at radius 1 is 1.17 bits per heavy atom. The van der Waals surface area contributed by atoms with Gasteiger partial charge in [-0.25, -0.2) is 0 Å². The number of carbonyl (C=O) groups is 2. The van der Waals surface area contributed by atoms with E-state index in [1.54, 1.807) is 17.9 Å². The lowest BCUT2D eigenvalue weighted by molar-refractivity contribution is -0.141. The third-order valence-corrected chi connectivity index (χ3v) is 4.47. The maximum Gasteiger partial charge on any atom is 0.304 e. The molecule has 1 N–H and O–H groups in total. The standard InChI is InChI=1S/C19H19NO4/c1-19(11-16(21)22)17-14(9-6-10-15(17)24-2)20(18(19)23)12-13-7-4-3-5-8-13/h3-10H,11-12H2,1-2H3,(H,21,22). The molecule has 124 valence electrons. The molecule has 5 nitrogen and oxygen atoms in total. The number of ether oxygens (including phenoxy) is 1. The molecule has 0 saturated heterocycles. The molecule has 5 heteroatoms. The van der Waals surface area contributed by atoms with E-state index >= 15 is 0 Å². The number of hydrogen-bond donors (Lipinski definition) is 1. The first-order chi connectivity index (χ1) is 11.5. The minimum atomic E-state index is -1.14. The van der Waals surface area contributed by atoms with Gasteiger partial charge in [-0.1, -0.05) is 36.4 Å². The summed E-state index contributed by atoms with van der Waals surface area (Å²) in [5.41, 5.74) is 1.21. The molecule has 2 aromatic carbocycles. The molecule has 2 aromatic rings. The van der Waals surface area contributed by atoms with Gasteiger partial charge < -0.3 is 14.7 Å². The number of carboxylic acids is 1. The zero-order valence-electron chi connectivity index (χ0n) is 13.7. The van der Waals surface area contributed by atoms with Crippen LogP contribution in [0.1, 0.15) is 24.5 Å². The monoisotopic (exact) mass is 325 g/mol. The van der Waals surface area contributed by atoms with E-state index in [-0.39, 0.29) is 12.3 Å². The number of carboxylic acid groups (broad SMARTS) is 1. The third-order valence-electron chi connectivity index (χ3n) is 4.47. The van der Waals surface area contributed by atoms with E-state index in [9.17, 15) is 14.7 Å². The smallest absolute Gasteiger partial charge is 0.304 e. The van der Waals surface area contributed by atoms with Crippen LogP contribution in [0.15, 0.2) is 48.5 Å². The molecule has 1 heterocycles. The van der Waals surface area contributed by atoms with Crippen molar-refractivity contribution in [3.05, 3.63) is 59.7 Å². The van der Waals surface area contributed by atoms with Crippen molar-refractivity contribution in [3.63, 3.8) is 0 Å². The van der Waals surface area contributed by atoms with Crippen LogP contribution in [0.4, 0.5) is 5.69 Å². The minimum Gasteiger partial charge on any atom is -0.496 e. The van der Waals surface area contributed by atoms with Crippen LogP contribution < -0.4 is 9.64 Å². The summed E-state index contributed by atoms with van der Waals surface area (Å²) in [7, 11) is 1.53. The van der Waals surface area contributed by atoms with Crippen molar-refractivity contribution in [2.24, 2.45) is 0 Å². The summed E-state index contributed by atoms with van der Waals surface area (Å²) >= 11 is 0. The highest BCUT2D eigenvalue weighted by atomic mass is 16.5. The minimum absolute atomic E-state index is 0.215. The maximum atomic E-state index is 13.1. The fraction of sp³-hybridized carbons (Fsp3) is 0.263. The van der Waals surface area contributed by atoms with Crippen molar-refractivity contribution in [3.8, 4) is 5.75 Å². The molecule has 1 aliphatic heterocycles. The van der Waals surface area contributed by atoms with Crippen LogP contribution in [-0.2, 0) is 21.5 Å². The van der Waals surface area contributed by atoms with Gasteiger partial charge in [0.1, 0.15) is 5.75 Å². The van der Waals surface area contributed by atoms with E-state index in [0.29, 0.717) is 23.5 Å².